The summed E-state index contributed by atoms with van der Waals surface area (Å²) in [5.74, 6) is 1.05. The van der Waals surface area contributed by atoms with E-state index in [2.05, 4.69) is 10.2 Å². The van der Waals surface area contributed by atoms with E-state index in [1.165, 1.54) is 0 Å². The molecule has 0 bridgehead atoms. The Labute approximate surface area is 124 Å². The zero-order valence-electron chi connectivity index (χ0n) is 12.3. The Morgan fingerprint density at radius 3 is 2.62 bits per heavy atom. The summed E-state index contributed by atoms with van der Waals surface area (Å²) in [5.41, 5.74) is 0. The predicted molar refractivity (Wildman–Crippen MR) is 76.5 cm³/mol. The van der Waals surface area contributed by atoms with E-state index in [0.29, 0.717) is 50.9 Å². The number of fused-ring (bicyclic) bond motifs is 1. The topological polar surface area (TPSA) is 69.7 Å². The first-order valence-electron chi connectivity index (χ1n) is 7.93. The van der Waals surface area contributed by atoms with Gasteiger partial charge in [0.1, 0.15) is 5.78 Å². The van der Waals surface area contributed by atoms with Gasteiger partial charge in [0.2, 0.25) is 11.8 Å². The summed E-state index contributed by atoms with van der Waals surface area (Å²) in [6.45, 7) is 3.36. The lowest BCUT2D eigenvalue weighted by molar-refractivity contribution is -0.136. The highest BCUT2D eigenvalue weighted by molar-refractivity contribution is 5.84. The Kier molecular flexibility index (Phi) is 4.24. The Morgan fingerprint density at radius 2 is 1.86 bits per heavy atom. The third kappa shape index (κ3) is 3.43. The molecule has 3 saturated heterocycles. The third-order valence-corrected chi connectivity index (χ3v) is 4.94. The molecule has 3 heterocycles. The van der Waals surface area contributed by atoms with Gasteiger partial charge in [-0.2, -0.15) is 0 Å². The molecule has 2 amide bonds. The number of likely N-dealkylation sites (tertiary alicyclic amines) is 2. The summed E-state index contributed by atoms with van der Waals surface area (Å²) in [5, 5.41) is 3.06. The molecule has 3 aliphatic heterocycles. The van der Waals surface area contributed by atoms with E-state index in [9.17, 15) is 14.4 Å². The highest BCUT2D eigenvalue weighted by Crippen LogP contribution is 2.25. The second-order valence-electron chi connectivity index (χ2n) is 6.42. The fraction of sp³-hybridized carbons (Fsp3) is 0.800. The molecule has 116 valence electrons. The van der Waals surface area contributed by atoms with Crippen LogP contribution in [0.15, 0.2) is 0 Å². The molecular formula is C15H23N3O3. The Morgan fingerprint density at radius 1 is 1.10 bits per heavy atom. The minimum Gasteiger partial charge on any atom is -0.353 e. The smallest absolute Gasteiger partial charge is 0.236 e. The van der Waals surface area contributed by atoms with Crippen molar-refractivity contribution in [1.29, 1.82) is 0 Å². The first-order valence-corrected chi connectivity index (χ1v) is 7.93. The number of nitrogens with zero attached hydrogens (tertiary/aromatic N) is 2. The lowest BCUT2D eigenvalue weighted by Crippen LogP contribution is -2.55. The summed E-state index contributed by atoms with van der Waals surface area (Å²) in [4.78, 5) is 38.9. The second kappa shape index (κ2) is 6.13. The maximum Gasteiger partial charge on any atom is 0.236 e. The van der Waals surface area contributed by atoms with Gasteiger partial charge in [0.25, 0.3) is 0 Å². The molecule has 1 N–H and O–H groups in total. The van der Waals surface area contributed by atoms with Crippen LogP contribution in [0.1, 0.15) is 32.1 Å². The van der Waals surface area contributed by atoms with Gasteiger partial charge in [-0.05, 0) is 18.8 Å². The maximum absolute atomic E-state index is 12.3. The summed E-state index contributed by atoms with van der Waals surface area (Å²) >= 11 is 0. The standard InChI is InChI=1S/C15H23N3O3/c19-12-3-7-18(8-4-12)15(21)10-17-6-5-13-11(9-17)1-2-14(20)16-13/h11,13H,1-10H2,(H,16,20). The van der Waals surface area contributed by atoms with Crippen molar-refractivity contribution in [2.45, 2.75) is 38.1 Å². The van der Waals surface area contributed by atoms with E-state index in [4.69, 9.17) is 0 Å². The lowest BCUT2D eigenvalue weighted by Gasteiger charge is -2.41. The van der Waals surface area contributed by atoms with E-state index in [1.54, 1.807) is 0 Å². The van der Waals surface area contributed by atoms with E-state index >= 15 is 0 Å². The fourth-order valence-corrected chi connectivity index (χ4v) is 3.63. The molecule has 3 aliphatic rings. The Bertz CT molecular complexity index is 441. The highest BCUT2D eigenvalue weighted by Gasteiger charge is 2.34. The van der Waals surface area contributed by atoms with Gasteiger partial charge in [0.15, 0.2) is 0 Å². The average Bonchev–Trinajstić information content (AvgIpc) is 2.48. The molecule has 6 heteroatoms. The number of carbonyl (C=O) groups excluding carboxylic acids is 3. The van der Waals surface area contributed by atoms with Crippen molar-refractivity contribution in [1.82, 2.24) is 15.1 Å². The molecule has 3 rings (SSSR count). The molecule has 0 aromatic heterocycles. The number of hydrogen-bond donors (Lipinski definition) is 1. The summed E-state index contributed by atoms with van der Waals surface area (Å²) in [7, 11) is 0. The van der Waals surface area contributed by atoms with Crippen LogP contribution < -0.4 is 5.32 Å². The first kappa shape index (κ1) is 14.5. The molecule has 21 heavy (non-hydrogen) atoms. The number of ketones is 1. The van der Waals surface area contributed by atoms with Gasteiger partial charge in [-0.15, -0.1) is 0 Å². The van der Waals surface area contributed by atoms with Crippen LogP contribution in [0, 0.1) is 5.92 Å². The summed E-state index contributed by atoms with van der Waals surface area (Å²) < 4.78 is 0. The van der Waals surface area contributed by atoms with Crippen LogP contribution >= 0.6 is 0 Å². The van der Waals surface area contributed by atoms with Crippen molar-refractivity contribution in [2.75, 3.05) is 32.7 Å². The number of piperidine rings is 3. The van der Waals surface area contributed by atoms with Crippen molar-refractivity contribution in [2.24, 2.45) is 5.92 Å². The summed E-state index contributed by atoms with van der Waals surface area (Å²) in [6, 6.07) is 0.296. The number of rotatable bonds is 2. The highest BCUT2D eigenvalue weighted by atomic mass is 16.2. The van der Waals surface area contributed by atoms with Gasteiger partial charge >= 0.3 is 0 Å². The quantitative estimate of drug-likeness (QED) is 0.764. The average molecular weight is 293 g/mol. The molecule has 0 radical (unpaired) electrons. The monoisotopic (exact) mass is 293 g/mol. The van der Waals surface area contributed by atoms with Gasteiger partial charge in [-0.3, -0.25) is 19.3 Å². The molecule has 0 aliphatic carbocycles. The number of amides is 2. The molecule has 0 saturated carbocycles. The zero-order valence-corrected chi connectivity index (χ0v) is 12.3. The van der Waals surface area contributed by atoms with Gasteiger partial charge in [0.05, 0.1) is 6.54 Å². The minimum atomic E-state index is 0.140. The molecule has 0 aromatic carbocycles. The van der Waals surface area contributed by atoms with Crippen LogP contribution in [0.3, 0.4) is 0 Å². The molecule has 6 nitrogen and oxygen atoms in total. The van der Waals surface area contributed by atoms with Crippen LogP contribution in [0.25, 0.3) is 0 Å². The Hall–Kier alpha value is -1.43. The Balaban J connectivity index is 1.49. The molecule has 3 fully saturated rings. The van der Waals surface area contributed by atoms with Crippen molar-refractivity contribution >= 4 is 17.6 Å². The molecule has 0 aromatic rings. The van der Waals surface area contributed by atoms with Crippen LogP contribution in [0.2, 0.25) is 0 Å². The van der Waals surface area contributed by atoms with Crippen molar-refractivity contribution in [3.8, 4) is 0 Å². The normalized spacial score (nSPS) is 30.8. The fourth-order valence-electron chi connectivity index (χ4n) is 3.63. The molecular weight excluding hydrogens is 270 g/mol. The van der Waals surface area contributed by atoms with Gasteiger partial charge in [0, 0.05) is 51.5 Å². The van der Waals surface area contributed by atoms with Crippen molar-refractivity contribution in [3.63, 3.8) is 0 Å². The largest absolute Gasteiger partial charge is 0.353 e. The van der Waals surface area contributed by atoms with E-state index in [0.717, 1.165) is 25.9 Å². The number of carbonyl (C=O) groups is 3. The van der Waals surface area contributed by atoms with Crippen molar-refractivity contribution in [3.05, 3.63) is 0 Å². The van der Waals surface area contributed by atoms with E-state index in [1.807, 2.05) is 4.90 Å². The number of nitrogens with one attached hydrogen (secondary N) is 1. The van der Waals surface area contributed by atoms with Gasteiger partial charge in [-0.1, -0.05) is 0 Å². The minimum absolute atomic E-state index is 0.140. The predicted octanol–water partition coefficient (Wildman–Crippen LogP) is -0.222. The van der Waals surface area contributed by atoms with Crippen LogP contribution in [-0.2, 0) is 14.4 Å². The lowest BCUT2D eigenvalue weighted by atomic mass is 9.85. The maximum atomic E-state index is 12.3. The third-order valence-electron chi connectivity index (χ3n) is 4.94. The number of Topliss-reactive ketones (excluding diaryl/α,β-unsaturated/α-hetero) is 1. The zero-order chi connectivity index (χ0) is 14.8. The van der Waals surface area contributed by atoms with Crippen LogP contribution in [-0.4, -0.2) is 66.2 Å². The van der Waals surface area contributed by atoms with E-state index < -0.39 is 0 Å². The van der Waals surface area contributed by atoms with Gasteiger partial charge in [-0.25, -0.2) is 0 Å². The molecule has 0 spiro atoms. The van der Waals surface area contributed by atoms with E-state index in [-0.39, 0.29) is 17.6 Å². The molecule has 2 atom stereocenters. The molecule has 2 unspecified atom stereocenters. The number of hydrogen-bond acceptors (Lipinski definition) is 4. The first-order chi connectivity index (χ1) is 10.1. The summed E-state index contributed by atoms with van der Waals surface area (Å²) in [6.07, 6.45) is 3.48. The van der Waals surface area contributed by atoms with Crippen LogP contribution in [0.5, 0.6) is 0 Å². The van der Waals surface area contributed by atoms with Crippen molar-refractivity contribution < 1.29 is 14.4 Å². The van der Waals surface area contributed by atoms with Crippen LogP contribution in [0.4, 0.5) is 0 Å². The second-order valence-corrected chi connectivity index (χ2v) is 6.42. The SMILES string of the molecule is O=C1CCN(C(=O)CN2CCC3NC(=O)CCC3C2)CC1. The van der Waals surface area contributed by atoms with Gasteiger partial charge < -0.3 is 10.2 Å².